The summed E-state index contributed by atoms with van der Waals surface area (Å²) in [4.78, 5) is 38.9. The van der Waals surface area contributed by atoms with Crippen LogP contribution >= 0.6 is 0 Å². The zero-order chi connectivity index (χ0) is 18.3. The van der Waals surface area contributed by atoms with Gasteiger partial charge in [-0.25, -0.2) is 0 Å². The molecule has 0 spiro atoms. The molecular formula is C20H18N2O4. The van der Waals surface area contributed by atoms with E-state index in [0.29, 0.717) is 24.2 Å². The quantitative estimate of drug-likeness (QED) is 0.862. The molecule has 26 heavy (non-hydrogen) atoms. The number of amides is 3. The highest BCUT2D eigenvalue weighted by molar-refractivity contribution is 6.22. The number of rotatable bonds is 3. The first kappa shape index (κ1) is 16.3. The Balaban J connectivity index is 1.53. The van der Waals surface area contributed by atoms with Crippen LogP contribution in [0, 0.1) is 0 Å². The largest absolute Gasteiger partial charge is 0.493 e. The van der Waals surface area contributed by atoms with Crippen molar-refractivity contribution < 1.29 is 19.1 Å². The van der Waals surface area contributed by atoms with E-state index in [-0.39, 0.29) is 11.9 Å². The lowest BCUT2D eigenvalue weighted by molar-refractivity contribution is -0.125. The number of hydrogen-bond donors (Lipinski definition) is 1. The van der Waals surface area contributed by atoms with Gasteiger partial charge in [0.05, 0.1) is 23.8 Å². The highest BCUT2D eigenvalue weighted by Gasteiger charge is 2.41. The zero-order valence-electron chi connectivity index (χ0n) is 14.3. The number of benzene rings is 2. The fraction of sp³-hybridized carbons (Fsp3) is 0.250. The van der Waals surface area contributed by atoms with Gasteiger partial charge in [0.15, 0.2) is 0 Å². The number of para-hydroxylation sites is 1. The number of nitrogens with one attached hydrogen (secondary N) is 1. The van der Waals surface area contributed by atoms with Gasteiger partial charge in [0.2, 0.25) is 5.91 Å². The maximum atomic E-state index is 12.8. The van der Waals surface area contributed by atoms with Gasteiger partial charge in [0.25, 0.3) is 11.8 Å². The van der Waals surface area contributed by atoms with Gasteiger partial charge in [-0.05, 0) is 25.1 Å². The lowest BCUT2D eigenvalue weighted by atomic mass is 10.00. The summed E-state index contributed by atoms with van der Waals surface area (Å²) in [6, 6.07) is 13.1. The molecular weight excluding hydrogens is 332 g/mol. The third-order valence-electron chi connectivity index (χ3n) is 4.87. The number of fused-ring (bicyclic) bond motifs is 2. The van der Waals surface area contributed by atoms with E-state index >= 15 is 0 Å². The Hall–Kier alpha value is -3.15. The average molecular weight is 350 g/mol. The monoisotopic (exact) mass is 350 g/mol. The van der Waals surface area contributed by atoms with E-state index in [9.17, 15) is 14.4 Å². The third-order valence-corrected chi connectivity index (χ3v) is 4.87. The van der Waals surface area contributed by atoms with Crippen LogP contribution in [0.5, 0.6) is 5.75 Å². The molecule has 0 unspecified atom stereocenters. The topological polar surface area (TPSA) is 75.7 Å². The summed E-state index contributed by atoms with van der Waals surface area (Å²) < 4.78 is 5.60. The highest BCUT2D eigenvalue weighted by Crippen LogP contribution is 2.32. The second-order valence-electron chi connectivity index (χ2n) is 6.44. The zero-order valence-corrected chi connectivity index (χ0v) is 14.3. The predicted octanol–water partition coefficient (Wildman–Crippen LogP) is 2.31. The van der Waals surface area contributed by atoms with Gasteiger partial charge in [-0.15, -0.1) is 0 Å². The molecule has 0 saturated carbocycles. The fourth-order valence-electron chi connectivity index (χ4n) is 3.46. The van der Waals surface area contributed by atoms with E-state index in [4.69, 9.17) is 4.74 Å². The van der Waals surface area contributed by atoms with Gasteiger partial charge in [-0.3, -0.25) is 19.3 Å². The molecule has 2 aromatic carbocycles. The molecule has 0 aromatic heterocycles. The minimum atomic E-state index is -0.891. The standard InChI is InChI=1S/C20H18N2O4/c1-12(22-19(24)13-6-2-3-7-14(13)20(22)25)18(23)21-16-10-11-26-17-9-5-4-8-15(16)17/h2-9,12,16H,10-11H2,1H3,(H,21,23)/t12-,16+/m0/s1. The predicted molar refractivity (Wildman–Crippen MR) is 93.8 cm³/mol. The van der Waals surface area contributed by atoms with Gasteiger partial charge in [0, 0.05) is 12.0 Å². The Morgan fingerprint density at radius 3 is 2.38 bits per heavy atom. The SMILES string of the molecule is C[C@@H](C(=O)N[C@@H]1CCOc2ccccc21)N1C(=O)c2ccccc2C1=O. The number of hydrogen-bond acceptors (Lipinski definition) is 4. The molecule has 0 aliphatic carbocycles. The first-order valence-electron chi connectivity index (χ1n) is 8.57. The van der Waals surface area contributed by atoms with Crippen LogP contribution in [-0.2, 0) is 4.79 Å². The van der Waals surface area contributed by atoms with Crippen molar-refractivity contribution in [1.29, 1.82) is 0 Å². The molecule has 2 heterocycles. The van der Waals surface area contributed by atoms with Crippen molar-refractivity contribution in [2.75, 3.05) is 6.61 Å². The Morgan fingerprint density at radius 2 is 1.69 bits per heavy atom. The van der Waals surface area contributed by atoms with Gasteiger partial charge in [-0.2, -0.15) is 0 Å². The third kappa shape index (κ3) is 2.54. The maximum Gasteiger partial charge on any atom is 0.262 e. The second-order valence-corrected chi connectivity index (χ2v) is 6.44. The maximum absolute atomic E-state index is 12.8. The van der Waals surface area contributed by atoms with Crippen molar-refractivity contribution >= 4 is 17.7 Å². The normalized spacial score (nSPS) is 19.4. The van der Waals surface area contributed by atoms with Gasteiger partial charge in [0.1, 0.15) is 11.8 Å². The summed E-state index contributed by atoms with van der Waals surface area (Å²) in [5.41, 5.74) is 1.59. The molecule has 2 aliphatic heterocycles. The van der Waals surface area contributed by atoms with Gasteiger partial charge < -0.3 is 10.1 Å². The van der Waals surface area contributed by atoms with E-state index in [0.717, 1.165) is 16.2 Å². The van der Waals surface area contributed by atoms with Crippen molar-refractivity contribution in [2.45, 2.75) is 25.4 Å². The summed E-state index contributed by atoms with van der Waals surface area (Å²) >= 11 is 0. The first-order valence-corrected chi connectivity index (χ1v) is 8.57. The van der Waals surface area contributed by atoms with Crippen LogP contribution in [0.4, 0.5) is 0 Å². The molecule has 6 heteroatoms. The fourth-order valence-corrected chi connectivity index (χ4v) is 3.46. The van der Waals surface area contributed by atoms with Crippen LogP contribution < -0.4 is 10.1 Å². The van der Waals surface area contributed by atoms with Crippen LogP contribution in [-0.4, -0.2) is 35.3 Å². The van der Waals surface area contributed by atoms with Crippen molar-refractivity contribution in [3.05, 3.63) is 65.2 Å². The van der Waals surface area contributed by atoms with Crippen LogP contribution in [0.2, 0.25) is 0 Å². The number of carbonyl (C=O) groups is 3. The van der Waals surface area contributed by atoms with Crippen molar-refractivity contribution in [3.8, 4) is 5.75 Å². The Kier molecular flexibility index (Phi) is 3.95. The highest BCUT2D eigenvalue weighted by atomic mass is 16.5. The molecule has 0 radical (unpaired) electrons. The van der Waals surface area contributed by atoms with Crippen LogP contribution in [0.1, 0.15) is 45.7 Å². The Morgan fingerprint density at radius 1 is 1.08 bits per heavy atom. The second kappa shape index (κ2) is 6.29. The van der Waals surface area contributed by atoms with Crippen LogP contribution in [0.3, 0.4) is 0 Å². The van der Waals surface area contributed by atoms with Gasteiger partial charge in [-0.1, -0.05) is 30.3 Å². The van der Waals surface area contributed by atoms with Gasteiger partial charge >= 0.3 is 0 Å². The number of carbonyl (C=O) groups excluding carboxylic acids is 3. The van der Waals surface area contributed by atoms with E-state index in [2.05, 4.69) is 5.32 Å². The summed E-state index contributed by atoms with van der Waals surface area (Å²) in [5.74, 6) is -0.472. The lowest BCUT2D eigenvalue weighted by Crippen LogP contribution is -2.49. The lowest BCUT2D eigenvalue weighted by Gasteiger charge is -2.29. The van der Waals surface area contributed by atoms with Crippen molar-refractivity contribution in [1.82, 2.24) is 10.2 Å². The van der Waals surface area contributed by atoms with E-state index in [1.807, 2.05) is 24.3 Å². The number of ether oxygens (including phenoxy) is 1. The molecule has 6 nitrogen and oxygen atoms in total. The molecule has 3 amide bonds. The molecule has 2 atom stereocenters. The number of imide groups is 1. The summed E-state index contributed by atoms with van der Waals surface area (Å²) in [5, 5.41) is 2.95. The summed E-state index contributed by atoms with van der Waals surface area (Å²) in [7, 11) is 0. The minimum Gasteiger partial charge on any atom is -0.493 e. The molecule has 1 N–H and O–H groups in total. The summed E-state index contributed by atoms with van der Waals surface area (Å²) in [6.45, 7) is 2.08. The molecule has 0 saturated heterocycles. The van der Waals surface area contributed by atoms with E-state index < -0.39 is 17.9 Å². The minimum absolute atomic E-state index is 0.204. The van der Waals surface area contributed by atoms with E-state index in [1.54, 1.807) is 31.2 Å². The van der Waals surface area contributed by atoms with Crippen LogP contribution in [0.25, 0.3) is 0 Å². The molecule has 4 rings (SSSR count). The molecule has 0 fully saturated rings. The average Bonchev–Trinajstić information content (AvgIpc) is 2.92. The van der Waals surface area contributed by atoms with Crippen molar-refractivity contribution in [3.63, 3.8) is 0 Å². The molecule has 132 valence electrons. The van der Waals surface area contributed by atoms with Crippen molar-refractivity contribution in [2.24, 2.45) is 0 Å². The Labute approximate surface area is 150 Å². The van der Waals surface area contributed by atoms with E-state index in [1.165, 1.54) is 0 Å². The number of nitrogens with zero attached hydrogens (tertiary/aromatic N) is 1. The molecule has 2 aromatic rings. The molecule has 2 aliphatic rings. The Bertz CT molecular complexity index is 873. The summed E-state index contributed by atoms with van der Waals surface area (Å²) in [6.07, 6.45) is 0.636. The van der Waals surface area contributed by atoms with Crippen LogP contribution in [0.15, 0.2) is 48.5 Å². The smallest absolute Gasteiger partial charge is 0.262 e. The first-order chi connectivity index (χ1) is 12.6. The molecule has 0 bridgehead atoms.